The van der Waals surface area contributed by atoms with Crippen LogP contribution in [0.5, 0.6) is 0 Å². The monoisotopic (exact) mass is 378 g/mol. The Labute approximate surface area is 170 Å². The first-order valence-corrected chi connectivity index (χ1v) is 10.9. The molecule has 0 unspecified atom stereocenters. The van der Waals surface area contributed by atoms with Crippen molar-refractivity contribution < 1.29 is 0 Å². The van der Waals surface area contributed by atoms with Crippen molar-refractivity contribution >= 4 is 0 Å². The molecule has 2 aliphatic rings. The van der Waals surface area contributed by atoms with Crippen LogP contribution in [0.1, 0.15) is 36.9 Å². The number of hydrogen-bond acceptors (Lipinski definition) is 4. The van der Waals surface area contributed by atoms with Crippen molar-refractivity contribution in [2.75, 3.05) is 33.2 Å². The maximum absolute atomic E-state index is 4.49. The molecule has 150 valence electrons. The smallest absolute Gasteiger partial charge is 0.0543 e. The van der Waals surface area contributed by atoms with Crippen LogP contribution in [0.4, 0.5) is 0 Å². The largest absolute Gasteiger partial charge is 0.299 e. The van der Waals surface area contributed by atoms with E-state index in [-0.39, 0.29) is 0 Å². The van der Waals surface area contributed by atoms with Gasteiger partial charge in [-0.2, -0.15) is 0 Å². The van der Waals surface area contributed by atoms with Gasteiger partial charge in [0.1, 0.15) is 0 Å². The SMILES string of the molecule is CN(Cc1ccccc1)[C@H]1CCCN(C2CCN(Cc3ccccn3)CC2)C1. The zero-order valence-corrected chi connectivity index (χ0v) is 17.2. The lowest BCUT2D eigenvalue weighted by Gasteiger charge is -2.44. The molecule has 4 nitrogen and oxygen atoms in total. The van der Waals surface area contributed by atoms with E-state index in [4.69, 9.17) is 0 Å². The van der Waals surface area contributed by atoms with Gasteiger partial charge in [0.05, 0.1) is 5.69 Å². The summed E-state index contributed by atoms with van der Waals surface area (Å²) in [6.07, 6.45) is 7.15. The fraction of sp³-hybridized carbons (Fsp3) is 0.542. The molecule has 1 aromatic carbocycles. The lowest BCUT2D eigenvalue weighted by Crippen LogP contribution is -2.52. The van der Waals surface area contributed by atoms with E-state index in [0.717, 1.165) is 19.1 Å². The number of benzene rings is 1. The Hall–Kier alpha value is -1.75. The normalized spacial score (nSPS) is 22.6. The van der Waals surface area contributed by atoms with Gasteiger partial charge in [0.2, 0.25) is 0 Å². The molecule has 0 N–H and O–H groups in total. The Kier molecular flexibility index (Phi) is 6.73. The van der Waals surface area contributed by atoms with Crippen molar-refractivity contribution in [3.63, 3.8) is 0 Å². The minimum Gasteiger partial charge on any atom is -0.299 e. The molecule has 0 spiro atoms. The van der Waals surface area contributed by atoms with E-state index in [9.17, 15) is 0 Å². The molecule has 3 heterocycles. The third-order valence-corrected chi connectivity index (χ3v) is 6.51. The van der Waals surface area contributed by atoms with Gasteiger partial charge in [0.15, 0.2) is 0 Å². The van der Waals surface area contributed by atoms with Crippen molar-refractivity contribution in [1.29, 1.82) is 0 Å². The second-order valence-electron chi connectivity index (χ2n) is 8.52. The molecule has 2 aliphatic heterocycles. The first kappa shape index (κ1) is 19.6. The number of nitrogens with zero attached hydrogens (tertiary/aromatic N) is 4. The van der Waals surface area contributed by atoms with E-state index in [1.807, 2.05) is 12.3 Å². The van der Waals surface area contributed by atoms with Crippen LogP contribution in [0.15, 0.2) is 54.7 Å². The highest BCUT2D eigenvalue weighted by Crippen LogP contribution is 2.24. The molecule has 0 saturated carbocycles. The first-order chi connectivity index (χ1) is 13.8. The standard InChI is InChI=1S/C24H34N4/c1-26(18-21-8-3-2-4-9-21)24-11-7-15-28(20-24)23-12-16-27(17-13-23)19-22-10-5-6-14-25-22/h2-6,8-10,14,23-24H,7,11-13,15-20H2,1H3/t24-/m0/s1. The summed E-state index contributed by atoms with van der Waals surface area (Å²) in [6.45, 7) is 6.96. The second-order valence-corrected chi connectivity index (χ2v) is 8.52. The zero-order chi connectivity index (χ0) is 19.2. The molecule has 0 aliphatic carbocycles. The Morgan fingerprint density at radius 2 is 1.75 bits per heavy atom. The molecule has 4 heteroatoms. The van der Waals surface area contributed by atoms with E-state index in [1.165, 1.54) is 63.1 Å². The predicted octanol–water partition coefficient (Wildman–Crippen LogP) is 3.64. The van der Waals surface area contributed by atoms with Crippen LogP contribution < -0.4 is 0 Å². The molecular weight excluding hydrogens is 344 g/mol. The predicted molar refractivity (Wildman–Crippen MR) is 115 cm³/mol. The minimum absolute atomic E-state index is 0.681. The highest BCUT2D eigenvalue weighted by Gasteiger charge is 2.30. The van der Waals surface area contributed by atoms with Gasteiger partial charge in [-0.25, -0.2) is 0 Å². The second kappa shape index (κ2) is 9.64. The van der Waals surface area contributed by atoms with Gasteiger partial charge in [-0.1, -0.05) is 36.4 Å². The van der Waals surface area contributed by atoms with Crippen LogP contribution in [0.25, 0.3) is 0 Å². The average Bonchev–Trinajstić information content (AvgIpc) is 2.76. The van der Waals surface area contributed by atoms with Gasteiger partial charge < -0.3 is 0 Å². The number of piperidine rings is 2. The van der Waals surface area contributed by atoms with E-state index in [2.05, 4.69) is 69.2 Å². The Bertz CT molecular complexity index is 697. The molecule has 2 fully saturated rings. The first-order valence-electron chi connectivity index (χ1n) is 10.9. The van der Waals surface area contributed by atoms with Crippen LogP contribution in [-0.4, -0.2) is 65.0 Å². The number of rotatable bonds is 6. The minimum atomic E-state index is 0.681. The van der Waals surface area contributed by atoms with Gasteiger partial charge in [0, 0.05) is 51.0 Å². The number of likely N-dealkylation sites (tertiary alicyclic amines) is 2. The van der Waals surface area contributed by atoms with E-state index >= 15 is 0 Å². The summed E-state index contributed by atoms with van der Waals surface area (Å²) in [5.74, 6) is 0. The van der Waals surface area contributed by atoms with Gasteiger partial charge in [-0.3, -0.25) is 19.7 Å². The summed E-state index contributed by atoms with van der Waals surface area (Å²) in [7, 11) is 2.30. The van der Waals surface area contributed by atoms with Gasteiger partial charge in [-0.05, 0) is 57.0 Å². The summed E-state index contributed by atoms with van der Waals surface area (Å²) in [6, 6.07) is 18.6. The summed E-state index contributed by atoms with van der Waals surface area (Å²) in [4.78, 5) is 12.4. The number of aromatic nitrogens is 1. The van der Waals surface area contributed by atoms with Crippen LogP contribution in [0.3, 0.4) is 0 Å². The number of likely N-dealkylation sites (N-methyl/N-ethyl adjacent to an activating group) is 1. The maximum Gasteiger partial charge on any atom is 0.0543 e. The average molecular weight is 379 g/mol. The molecule has 0 amide bonds. The van der Waals surface area contributed by atoms with Gasteiger partial charge in [-0.15, -0.1) is 0 Å². The molecule has 2 aromatic rings. The molecular formula is C24H34N4. The fourth-order valence-corrected chi connectivity index (χ4v) is 4.84. The summed E-state index contributed by atoms with van der Waals surface area (Å²) in [5, 5.41) is 0. The van der Waals surface area contributed by atoms with Crippen molar-refractivity contribution in [2.45, 2.75) is 50.9 Å². The van der Waals surface area contributed by atoms with Crippen LogP contribution in [0, 0.1) is 0 Å². The topological polar surface area (TPSA) is 22.6 Å². The molecule has 2 saturated heterocycles. The molecule has 0 bridgehead atoms. The van der Waals surface area contributed by atoms with Crippen molar-refractivity contribution in [1.82, 2.24) is 19.7 Å². The summed E-state index contributed by atoms with van der Waals surface area (Å²) in [5.41, 5.74) is 2.62. The lowest BCUT2D eigenvalue weighted by molar-refractivity contribution is 0.0481. The highest BCUT2D eigenvalue weighted by atomic mass is 15.3. The van der Waals surface area contributed by atoms with Gasteiger partial charge >= 0.3 is 0 Å². The van der Waals surface area contributed by atoms with E-state index in [1.54, 1.807) is 0 Å². The van der Waals surface area contributed by atoms with E-state index in [0.29, 0.717) is 6.04 Å². The summed E-state index contributed by atoms with van der Waals surface area (Å²) >= 11 is 0. The fourth-order valence-electron chi connectivity index (χ4n) is 4.84. The molecule has 4 rings (SSSR count). The quantitative estimate of drug-likeness (QED) is 0.765. The van der Waals surface area contributed by atoms with Crippen LogP contribution in [0.2, 0.25) is 0 Å². The third-order valence-electron chi connectivity index (χ3n) is 6.51. The maximum atomic E-state index is 4.49. The molecule has 1 aromatic heterocycles. The number of pyridine rings is 1. The Balaban J connectivity index is 1.26. The van der Waals surface area contributed by atoms with Crippen LogP contribution >= 0.6 is 0 Å². The van der Waals surface area contributed by atoms with Crippen molar-refractivity contribution in [2.24, 2.45) is 0 Å². The Morgan fingerprint density at radius 1 is 0.964 bits per heavy atom. The summed E-state index contributed by atoms with van der Waals surface area (Å²) < 4.78 is 0. The molecule has 28 heavy (non-hydrogen) atoms. The molecule has 0 radical (unpaired) electrons. The molecule has 1 atom stereocenters. The van der Waals surface area contributed by atoms with E-state index < -0.39 is 0 Å². The van der Waals surface area contributed by atoms with Crippen molar-refractivity contribution in [3.05, 3.63) is 66.0 Å². The number of hydrogen-bond donors (Lipinski definition) is 0. The zero-order valence-electron chi connectivity index (χ0n) is 17.2. The van der Waals surface area contributed by atoms with Crippen molar-refractivity contribution in [3.8, 4) is 0 Å². The van der Waals surface area contributed by atoms with Gasteiger partial charge in [0.25, 0.3) is 0 Å². The Morgan fingerprint density at radius 3 is 2.50 bits per heavy atom. The lowest BCUT2D eigenvalue weighted by atomic mass is 9.97. The third kappa shape index (κ3) is 5.19. The van der Waals surface area contributed by atoms with Crippen LogP contribution in [-0.2, 0) is 13.1 Å². The highest BCUT2D eigenvalue weighted by molar-refractivity contribution is 5.14.